The van der Waals surface area contributed by atoms with E-state index in [9.17, 15) is 13.2 Å². The first-order valence-corrected chi connectivity index (χ1v) is 11.6. The SMILES string of the molecule is Cc1ccccc1-c1ccc(S(=O)(=O)Nc2ccc(C(=O)Nc3ccccc3)cc2)cc1. The van der Waals surface area contributed by atoms with Crippen LogP contribution in [0, 0.1) is 6.92 Å². The molecule has 4 rings (SSSR count). The monoisotopic (exact) mass is 442 g/mol. The van der Waals surface area contributed by atoms with Crippen LogP contribution in [-0.4, -0.2) is 14.3 Å². The molecular formula is C26H22N2O3S. The van der Waals surface area contributed by atoms with Crippen LogP contribution in [0.15, 0.2) is 108 Å². The molecule has 4 aromatic rings. The van der Waals surface area contributed by atoms with Crippen LogP contribution in [0.25, 0.3) is 11.1 Å². The number of benzene rings is 4. The zero-order chi connectivity index (χ0) is 22.6. The van der Waals surface area contributed by atoms with Crippen molar-refractivity contribution >= 4 is 27.3 Å². The molecule has 32 heavy (non-hydrogen) atoms. The number of para-hydroxylation sites is 1. The van der Waals surface area contributed by atoms with E-state index in [0.29, 0.717) is 16.9 Å². The molecule has 0 radical (unpaired) electrons. The zero-order valence-corrected chi connectivity index (χ0v) is 18.3. The molecule has 5 nitrogen and oxygen atoms in total. The first-order valence-electron chi connectivity index (χ1n) is 10.1. The zero-order valence-electron chi connectivity index (χ0n) is 17.4. The fourth-order valence-electron chi connectivity index (χ4n) is 3.34. The van der Waals surface area contributed by atoms with E-state index in [1.165, 1.54) is 0 Å². The first kappa shape index (κ1) is 21.3. The summed E-state index contributed by atoms with van der Waals surface area (Å²) in [5.74, 6) is -0.266. The lowest BCUT2D eigenvalue weighted by molar-refractivity contribution is 0.102. The largest absolute Gasteiger partial charge is 0.322 e. The van der Waals surface area contributed by atoms with Gasteiger partial charge < -0.3 is 5.32 Å². The average Bonchev–Trinajstić information content (AvgIpc) is 2.80. The normalized spacial score (nSPS) is 11.0. The summed E-state index contributed by atoms with van der Waals surface area (Å²) in [6, 6.07) is 30.2. The topological polar surface area (TPSA) is 75.3 Å². The molecule has 160 valence electrons. The Morgan fingerprint density at radius 1 is 0.688 bits per heavy atom. The third kappa shape index (κ3) is 4.87. The van der Waals surface area contributed by atoms with Gasteiger partial charge in [0.05, 0.1) is 4.90 Å². The highest BCUT2D eigenvalue weighted by Crippen LogP contribution is 2.25. The van der Waals surface area contributed by atoms with Gasteiger partial charge in [-0.25, -0.2) is 8.42 Å². The van der Waals surface area contributed by atoms with Crippen molar-refractivity contribution in [1.82, 2.24) is 0 Å². The van der Waals surface area contributed by atoms with Crippen molar-refractivity contribution in [3.05, 3.63) is 114 Å². The van der Waals surface area contributed by atoms with Crippen molar-refractivity contribution in [2.45, 2.75) is 11.8 Å². The molecule has 0 saturated carbocycles. The Morgan fingerprint density at radius 2 is 1.31 bits per heavy atom. The predicted molar refractivity (Wildman–Crippen MR) is 128 cm³/mol. The molecule has 0 atom stereocenters. The summed E-state index contributed by atoms with van der Waals surface area (Å²) in [7, 11) is -3.75. The van der Waals surface area contributed by atoms with Crippen LogP contribution >= 0.6 is 0 Å². The van der Waals surface area contributed by atoms with Gasteiger partial charge in [-0.2, -0.15) is 0 Å². The van der Waals surface area contributed by atoms with E-state index in [1.54, 1.807) is 60.7 Å². The van der Waals surface area contributed by atoms with E-state index < -0.39 is 10.0 Å². The highest BCUT2D eigenvalue weighted by Gasteiger charge is 2.15. The van der Waals surface area contributed by atoms with Gasteiger partial charge in [-0.3, -0.25) is 9.52 Å². The van der Waals surface area contributed by atoms with E-state index in [0.717, 1.165) is 16.7 Å². The minimum Gasteiger partial charge on any atom is -0.322 e. The van der Waals surface area contributed by atoms with Crippen LogP contribution in [0.3, 0.4) is 0 Å². The molecular weight excluding hydrogens is 420 g/mol. The third-order valence-electron chi connectivity index (χ3n) is 5.05. The Balaban J connectivity index is 1.46. The number of rotatable bonds is 6. The first-order chi connectivity index (χ1) is 15.4. The summed E-state index contributed by atoms with van der Waals surface area (Å²) in [6.07, 6.45) is 0. The van der Waals surface area contributed by atoms with Gasteiger partial charge in [-0.1, -0.05) is 54.6 Å². The number of carbonyl (C=O) groups is 1. The Hall–Kier alpha value is -3.90. The number of anilines is 2. The van der Waals surface area contributed by atoms with Crippen molar-refractivity contribution in [3.63, 3.8) is 0 Å². The Bertz CT molecular complexity index is 1330. The lowest BCUT2D eigenvalue weighted by Gasteiger charge is -2.11. The highest BCUT2D eigenvalue weighted by atomic mass is 32.2. The maximum Gasteiger partial charge on any atom is 0.261 e. The van der Waals surface area contributed by atoms with Crippen molar-refractivity contribution in [2.24, 2.45) is 0 Å². The molecule has 0 aliphatic heterocycles. The summed E-state index contributed by atoms with van der Waals surface area (Å²) in [5, 5.41) is 2.80. The van der Waals surface area contributed by atoms with E-state index in [2.05, 4.69) is 10.0 Å². The number of hydrogen-bond donors (Lipinski definition) is 2. The summed E-state index contributed by atoms with van der Waals surface area (Å²) in [5.41, 5.74) is 4.64. The molecule has 0 heterocycles. The summed E-state index contributed by atoms with van der Waals surface area (Å²) >= 11 is 0. The minimum atomic E-state index is -3.75. The van der Waals surface area contributed by atoms with Crippen molar-refractivity contribution in [3.8, 4) is 11.1 Å². The number of carbonyl (C=O) groups excluding carboxylic acids is 1. The van der Waals surface area contributed by atoms with E-state index >= 15 is 0 Å². The second-order valence-electron chi connectivity index (χ2n) is 7.34. The summed E-state index contributed by atoms with van der Waals surface area (Å²) in [6.45, 7) is 2.02. The molecule has 0 saturated heterocycles. The standard InChI is InChI=1S/C26H22N2O3S/c1-19-7-5-6-10-25(19)20-13-17-24(18-14-20)32(30,31)28-23-15-11-21(12-16-23)26(29)27-22-8-3-2-4-9-22/h2-18,28H,1H3,(H,27,29). The van der Waals surface area contributed by atoms with Gasteiger partial charge in [0, 0.05) is 16.9 Å². The van der Waals surface area contributed by atoms with Crippen molar-refractivity contribution in [2.75, 3.05) is 10.0 Å². The highest BCUT2D eigenvalue weighted by molar-refractivity contribution is 7.92. The van der Waals surface area contributed by atoms with E-state index in [-0.39, 0.29) is 10.8 Å². The van der Waals surface area contributed by atoms with Crippen LogP contribution in [0.2, 0.25) is 0 Å². The second-order valence-corrected chi connectivity index (χ2v) is 9.02. The predicted octanol–water partition coefficient (Wildman–Crippen LogP) is 5.72. The molecule has 0 aliphatic carbocycles. The van der Waals surface area contributed by atoms with Gasteiger partial charge in [0.15, 0.2) is 0 Å². The lowest BCUT2D eigenvalue weighted by Crippen LogP contribution is -2.14. The molecule has 0 aromatic heterocycles. The van der Waals surface area contributed by atoms with E-state index in [4.69, 9.17) is 0 Å². The number of amides is 1. The maximum absolute atomic E-state index is 12.8. The fourth-order valence-corrected chi connectivity index (χ4v) is 4.40. The lowest BCUT2D eigenvalue weighted by atomic mass is 10.0. The van der Waals surface area contributed by atoms with Gasteiger partial charge in [-0.15, -0.1) is 0 Å². The van der Waals surface area contributed by atoms with Crippen molar-refractivity contribution in [1.29, 1.82) is 0 Å². The molecule has 0 spiro atoms. The van der Waals surface area contributed by atoms with Crippen molar-refractivity contribution < 1.29 is 13.2 Å². The molecule has 0 fully saturated rings. The van der Waals surface area contributed by atoms with E-state index in [1.807, 2.05) is 49.4 Å². The second kappa shape index (κ2) is 9.08. The minimum absolute atomic E-state index is 0.167. The molecule has 0 bridgehead atoms. The molecule has 0 aliphatic rings. The van der Waals surface area contributed by atoms with Gasteiger partial charge in [-0.05, 0) is 72.1 Å². The number of aryl methyl sites for hydroxylation is 1. The van der Waals surface area contributed by atoms with Crippen LogP contribution in [0.4, 0.5) is 11.4 Å². The molecule has 1 amide bonds. The summed E-state index contributed by atoms with van der Waals surface area (Å²) in [4.78, 5) is 12.5. The van der Waals surface area contributed by atoms with Gasteiger partial charge in [0.1, 0.15) is 0 Å². The number of hydrogen-bond acceptors (Lipinski definition) is 3. The Kier molecular flexibility index (Phi) is 6.05. The Morgan fingerprint density at radius 3 is 1.97 bits per heavy atom. The summed E-state index contributed by atoms with van der Waals surface area (Å²) < 4.78 is 28.1. The molecule has 2 N–H and O–H groups in total. The molecule has 6 heteroatoms. The van der Waals surface area contributed by atoms with Gasteiger partial charge in [0.2, 0.25) is 0 Å². The van der Waals surface area contributed by atoms with Crippen LogP contribution in [0.1, 0.15) is 15.9 Å². The third-order valence-corrected chi connectivity index (χ3v) is 6.45. The Labute approximate surface area is 187 Å². The maximum atomic E-state index is 12.8. The van der Waals surface area contributed by atoms with Crippen LogP contribution in [0.5, 0.6) is 0 Å². The van der Waals surface area contributed by atoms with Gasteiger partial charge in [0.25, 0.3) is 15.9 Å². The molecule has 0 unspecified atom stereocenters. The van der Waals surface area contributed by atoms with Gasteiger partial charge >= 0.3 is 0 Å². The number of nitrogens with one attached hydrogen (secondary N) is 2. The van der Waals surface area contributed by atoms with Crippen LogP contribution in [-0.2, 0) is 10.0 Å². The molecule has 4 aromatic carbocycles. The quantitative estimate of drug-likeness (QED) is 0.401. The average molecular weight is 443 g/mol. The smallest absolute Gasteiger partial charge is 0.261 e. The number of sulfonamides is 1. The van der Waals surface area contributed by atoms with Crippen LogP contribution < -0.4 is 10.0 Å². The fraction of sp³-hybridized carbons (Fsp3) is 0.0385.